The Bertz CT molecular complexity index is 156. The summed E-state index contributed by atoms with van der Waals surface area (Å²) in [6.07, 6.45) is -1.06. The Morgan fingerprint density at radius 2 is 1.12 bits per heavy atom. The number of halogens is 2. The number of hydrogen-bond donors (Lipinski definition) is 0. The van der Waals surface area contributed by atoms with Crippen LogP contribution in [0.5, 0.6) is 0 Å². The van der Waals surface area contributed by atoms with E-state index in [1.807, 2.05) is 0 Å². The van der Waals surface area contributed by atoms with Crippen molar-refractivity contribution in [3.8, 4) is 0 Å². The summed E-state index contributed by atoms with van der Waals surface area (Å²) < 4.78 is 21.4. The second kappa shape index (κ2) is 20.9. The molecule has 0 aromatic rings. The van der Waals surface area contributed by atoms with E-state index < -0.39 is 25.7 Å². The SMILES string of the molecule is O=C(CC(=O)OF)OF.[Li+].[Li+].[Li+].[O-]B([O-])[O-]. The van der Waals surface area contributed by atoms with E-state index in [-0.39, 0.29) is 56.6 Å². The number of carbonyl (C=O) groups excluding carboxylic acids is 2. The molecule has 0 aliphatic carbocycles. The topological polar surface area (TPSA) is 122 Å². The van der Waals surface area contributed by atoms with Crippen molar-refractivity contribution in [3.05, 3.63) is 0 Å². The van der Waals surface area contributed by atoms with Crippen LogP contribution in [-0.2, 0) is 19.5 Å². The van der Waals surface area contributed by atoms with Gasteiger partial charge in [0.05, 0.1) is 0 Å². The molecule has 7 nitrogen and oxygen atoms in total. The molecule has 0 unspecified atom stereocenters. The molecule has 0 atom stereocenters. The van der Waals surface area contributed by atoms with E-state index in [9.17, 15) is 18.6 Å². The van der Waals surface area contributed by atoms with Crippen LogP contribution in [0.25, 0.3) is 0 Å². The van der Waals surface area contributed by atoms with Gasteiger partial charge < -0.3 is 15.1 Å². The van der Waals surface area contributed by atoms with Crippen LogP contribution in [0, 0.1) is 0 Å². The van der Waals surface area contributed by atoms with Crippen LogP contribution in [-0.4, -0.2) is 19.3 Å². The van der Waals surface area contributed by atoms with Crippen molar-refractivity contribution in [2.45, 2.75) is 6.42 Å². The third kappa shape index (κ3) is 36.6. The normalized spacial score (nSPS) is 6.31. The van der Waals surface area contributed by atoms with Gasteiger partial charge in [-0.05, 0) is 0 Å². The third-order valence-corrected chi connectivity index (χ3v) is 0.461. The van der Waals surface area contributed by atoms with Gasteiger partial charge in [0, 0.05) is 9.05 Å². The first-order valence-electron chi connectivity index (χ1n) is 2.54. The summed E-state index contributed by atoms with van der Waals surface area (Å²) in [5.74, 6) is -2.98. The third-order valence-electron chi connectivity index (χ3n) is 0.461. The Kier molecular flexibility index (Phi) is 39.2. The van der Waals surface area contributed by atoms with E-state index in [1.165, 1.54) is 0 Å². The molecular weight excluding hydrogens is 218 g/mol. The van der Waals surface area contributed by atoms with Gasteiger partial charge in [-0.2, -0.15) is 0 Å². The molecule has 0 saturated heterocycles. The molecule has 0 fully saturated rings. The zero-order valence-corrected chi connectivity index (χ0v) is 8.90. The smallest absolute Gasteiger partial charge is 0.907 e. The molecule has 0 rings (SSSR count). The molecule has 0 N–H and O–H groups in total. The molecule has 0 amide bonds. The van der Waals surface area contributed by atoms with Crippen LogP contribution in [0.4, 0.5) is 9.05 Å². The minimum atomic E-state index is -2.92. The van der Waals surface area contributed by atoms with Gasteiger partial charge in [0.2, 0.25) is 0 Å². The monoisotopic (exact) mass is 220 g/mol. The predicted molar refractivity (Wildman–Crippen MR) is 24.8 cm³/mol. The molecule has 0 heterocycles. The van der Waals surface area contributed by atoms with Crippen LogP contribution < -0.4 is 71.7 Å². The summed E-state index contributed by atoms with van der Waals surface area (Å²) in [7, 11) is -2.92. The fraction of sp³-hybridized carbons (Fsp3) is 0.333. The Morgan fingerprint density at radius 1 is 0.938 bits per heavy atom. The molecule has 0 aromatic heterocycles. The first kappa shape index (κ1) is 30.0. The van der Waals surface area contributed by atoms with Crippen LogP contribution >= 0.6 is 0 Å². The van der Waals surface area contributed by atoms with Gasteiger partial charge in [-0.3, -0.25) is 17.2 Å². The average Bonchev–Trinajstić information content (AvgIpc) is 2.03. The van der Waals surface area contributed by atoms with E-state index in [0.29, 0.717) is 0 Å². The standard InChI is InChI=1S/C3H2F2O4.BO3.3Li/c4-8-2(6)1-3(7)9-5;2-1(3)4;;;/h1H2;;;;/q;-3;3*+1. The van der Waals surface area contributed by atoms with Crippen LogP contribution in [0.15, 0.2) is 0 Å². The van der Waals surface area contributed by atoms with Crippen LogP contribution in [0.3, 0.4) is 0 Å². The van der Waals surface area contributed by atoms with Crippen molar-refractivity contribution in [2.75, 3.05) is 0 Å². The maximum absolute atomic E-state index is 10.7. The molecule has 0 aliphatic rings. The summed E-state index contributed by atoms with van der Waals surface area (Å²) in [4.78, 5) is 24.5. The minimum Gasteiger partial charge on any atom is -0.907 e. The van der Waals surface area contributed by atoms with Crippen molar-refractivity contribution < 1.29 is 100 Å². The van der Waals surface area contributed by atoms with Gasteiger partial charge in [-0.25, -0.2) is 9.59 Å². The van der Waals surface area contributed by atoms with Crippen LogP contribution in [0.1, 0.15) is 6.42 Å². The van der Waals surface area contributed by atoms with Gasteiger partial charge in [0.1, 0.15) is 0 Å². The summed E-state index contributed by atoms with van der Waals surface area (Å²) >= 11 is 0. The van der Waals surface area contributed by atoms with Crippen molar-refractivity contribution in [1.82, 2.24) is 0 Å². The van der Waals surface area contributed by atoms with E-state index >= 15 is 0 Å². The number of hydrogen-bond acceptors (Lipinski definition) is 7. The number of carbonyl (C=O) groups is 2. The Hall–Kier alpha value is 0.537. The molecule has 0 spiro atoms. The van der Waals surface area contributed by atoms with Crippen molar-refractivity contribution in [3.63, 3.8) is 0 Å². The molecule has 16 heavy (non-hydrogen) atoms. The zero-order valence-electron chi connectivity index (χ0n) is 8.90. The van der Waals surface area contributed by atoms with E-state index in [0.717, 1.165) is 0 Å². The van der Waals surface area contributed by atoms with Crippen molar-refractivity contribution in [1.29, 1.82) is 0 Å². The molecule has 0 radical (unpaired) electrons. The summed E-state index contributed by atoms with van der Waals surface area (Å²) in [5, 5.41) is 25.2. The largest absolute Gasteiger partial charge is 1.00 e. The fourth-order valence-corrected chi connectivity index (χ4v) is 0.172. The van der Waals surface area contributed by atoms with Crippen molar-refractivity contribution >= 4 is 19.3 Å². The van der Waals surface area contributed by atoms with E-state index in [1.54, 1.807) is 0 Å². The molecular formula is C3H2BF2Li3O7. The molecule has 0 bridgehead atoms. The first-order chi connectivity index (χ1) is 5.93. The van der Waals surface area contributed by atoms with Gasteiger partial charge in [0.15, 0.2) is 6.42 Å². The summed E-state index contributed by atoms with van der Waals surface area (Å²) in [5.41, 5.74) is 0. The maximum atomic E-state index is 10.7. The molecule has 13 heteroatoms. The van der Waals surface area contributed by atoms with Gasteiger partial charge in [-0.15, -0.1) is 0 Å². The Labute approximate surface area is 125 Å². The maximum Gasteiger partial charge on any atom is 1.00 e. The Morgan fingerprint density at radius 3 is 1.25 bits per heavy atom. The second-order valence-corrected chi connectivity index (χ2v) is 1.36. The van der Waals surface area contributed by atoms with E-state index in [4.69, 9.17) is 15.1 Å². The molecule has 0 saturated carbocycles. The van der Waals surface area contributed by atoms with Crippen LogP contribution in [0.2, 0.25) is 0 Å². The molecule has 76 valence electrons. The summed E-state index contributed by atoms with van der Waals surface area (Å²) in [6.45, 7) is 0. The quantitative estimate of drug-likeness (QED) is 0.334. The van der Waals surface area contributed by atoms with Gasteiger partial charge >= 0.3 is 68.5 Å². The number of rotatable bonds is 2. The summed E-state index contributed by atoms with van der Waals surface area (Å²) in [6, 6.07) is 0. The van der Waals surface area contributed by atoms with Gasteiger partial charge in [-0.1, -0.05) is 0 Å². The van der Waals surface area contributed by atoms with E-state index in [2.05, 4.69) is 9.88 Å². The van der Waals surface area contributed by atoms with Crippen molar-refractivity contribution in [2.24, 2.45) is 0 Å². The molecule has 0 aromatic carbocycles. The predicted octanol–water partition coefficient (Wildman–Crippen LogP) is -12.7. The minimum absolute atomic E-state index is 0. The Balaban J connectivity index is -0.0000000511. The fourth-order valence-electron chi connectivity index (χ4n) is 0.172. The zero-order chi connectivity index (χ0) is 10.9. The molecule has 0 aliphatic heterocycles. The average molecular weight is 220 g/mol. The first-order valence-corrected chi connectivity index (χ1v) is 2.54. The van der Waals surface area contributed by atoms with Gasteiger partial charge in [0.25, 0.3) is 0 Å². The second-order valence-electron chi connectivity index (χ2n) is 1.36.